The van der Waals surface area contributed by atoms with Crippen LogP contribution in [0.4, 0.5) is 5.69 Å². The summed E-state index contributed by atoms with van der Waals surface area (Å²) in [5.41, 5.74) is 7.20. The van der Waals surface area contributed by atoms with E-state index in [-0.39, 0.29) is 18.4 Å². The second kappa shape index (κ2) is 8.61. The molecule has 2 amide bonds. The summed E-state index contributed by atoms with van der Waals surface area (Å²) in [6.07, 6.45) is 0.345. The molecule has 1 aliphatic heterocycles. The standard InChI is InChI=1S/C16H23N3O4/c1-22-11-14(17)16(21)18-13-4-2-12(3-5-13)10-15(20)19-6-8-23-9-7-19/h2-5,14H,6-11,17H2,1H3,(H,18,21). The molecule has 1 aromatic rings. The summed E-state index contributed by atoms with van der Waals surface area (Å²) in [4.78, 5) is 25.8. The lowest BCUT2D eigenvalue weighted by molar-refractivity contribution is -0.134. The minimum absolute atomic E-state index is 0.0900. The maximum atomic E-state index is 12.2. The predicted octanol–water partition coefficient (Wildman–Crippen LogP) is 0.000100. The van der Waals surface area contributed by atoms with E-state index in [1.807, 2.05) is 17.0 Å². The van der Waals surface area contributed by atoms with Crippen LogP contribution in [0.25, 0.3) is 0 Å². The van der Waals surface area contributed by atoms with Crippen LogP contribution in [0.5, 0.6) is 0 Å². The van der Waals surface area contributed by atoms with Crippen molar-refractivity contribution in [2.75, 3.05) is 45.3 Å². The van der Waals surface area contributed by atoms with Crippen molar-refractivity contribution in [2.24, 2.45) is 5.73 Å². The first-order valence-electron chi connectivity index (χ1n) is 7.60. The van der Waals surface area contributed by atoms with Crippen molar-refractivity contribution >= 4 is 17.5 Å². The van der Waals surface area contributed by atoms with Crippen molar-refractivity contribution in [3.05, 3.63) is 29.8 Å². The summed E-state index contributed by atoms with van der Waals surface area (Å²) >= 11 is 0. The molecule has 1 atom stereocenters. The Morgan fingerprint density at radius 3 is 2.57 bits per heavy atom. The van der Waals surface area contributed by atoms with E-state index in [4.69, 9.17) is 15.2 Å². The minimum atomic E-state index is -0.706. The molecule has 1 fully saturated rings. The van der Waals surface area contributed by atoms with Crippen molar-refractivity contribution in [1.82, 2.24) is 4.90 Å². The average molecular weight is 321 g/mol. The summed E-state index contributed by atoms with van der Waals surface area (Å²) in [6.45, 7) is 2.64. The summed E-state index contributed by atoms with van der Waals surface area (Å²) in [7, 11) is 1.49. The zero-order valence-electron chi connectivity index (χ0n) is 13.3. The highest BCUT2D eigenvalue weighted by molar-refractivity contribution is 5.94. The van der Waals surface area contributed by atoms with Gasteiger partial charge in [-0.25, -0.2) is 0 Å². The van der Waals surface area contributed by atoms with Crippen LogP contribution in [-0.4, -0.2) is 62.8 Å². The zero-order chi connectivity index (χ0) is 16.7. The van der Waals surface area contributed by atoms with Crippen LogP contribution >= 0.6 is 0 Å². The van der Waals surface area contributed by atoms with Crippen molar-refractivity contribution in [3.63, 3.8) is 0 Å². The van der Waals surface area contributed by atoms with Gasteiger partial charge in [-0.05, 0) is 17.7 Å². The van der Waals surface area contributed by atoms with Gasteiger partial charge in [-0.3, -0.25) is 9.59 Å². The van der Waals surface area contributed by atoms with Gasteiger partial charge in [0.2, 0.25) is 11.8 Å². The number of ether oxygens (including phenoxy) is 2. The average Bonchev–Trinajstić information content (AvgIpc) is 2.57. The number of carbonyl (C=O) groups is 2. The fourth-order valence-corrected chi connectivity index (χ4v) is 2.30. The number of nitrogens with two attached hydrogens (primary N) is 1. The van der Waals surface area contributed by atoms with Crippen LogP contribution in [0, 0.1) is 0 Å². The van der Waals surface area contributed by atoms with Gasteiger partial charge in [0.05, 0.1) is 26.2 Å². The number of methoxy groups -OCH3 is 1. The van der Waals surface area contributed by atoms with Gasteiger partial charge in [-0.15, -0.1) is 0 Å². The van der Waals surface area contributed by atoms with Crippen molar-refractivity contribution in [1.29, 1.82) is 0 Å². The number of amides is 2. The number of rotatable bonds is 6. The van der Waals surface area contributed by atoms with Crippen LogP contribution in [0.15, 0.2) is 24.3 Å². The number of carbonyl (C=O) groups excluding carboxylic acids is 2. The number of hydrogen-bond acceptors (Lipinski definition) is 5. The Morgan fingerprint density at radius 1 is 1.30 bits per heavy atom. The zero-order valence-corrected chi connectivity index (χ0v) is 13.3. The van der Waals surface area contributed by atoms with E-state index in [1.54, 1.807) is 12.1 Å². The van der Waals surface area contributed by atoms with E-state index in [0.29, 0.717) is 38.4 Å². The normalized spacial score (nSPS) is 16.0. The Morgan fingerprint density at radius 2 is 1.96 bits per heavy atom. The maximum absolute atomic E-state index is 12.2. The highest BCUT2D eigenvalue weighted by Gasteiger charge is 2.17. The Bertz CT molecular complexity index is 527. The van der Waals surface area contributed by atoms with Crippen LogP contribution in [0.1, 0.15) is 5.56 Å². The molecule has 23 heavy (non-hydrogen) atoms. The molecule has 1 heterocycles. The molecule has 126 valence electrons. The molecule has 0 bridgehead atoms. The van der Waals surface area contributed by atoms with E-state index < -0.39 is 6.04 Å². The van der Waals surface area contributed by atoms with Crippen LogP contribution < -0.4 is 11.1 Å². The topological polar surface area (TPSA) is 93.9 Å². The highest BCUT2D eigenvalue weighted by atomic mass is 16.5. The summed E-state index contributed by atoms with van der Waals surface area (Å²) < 4.78 is 10.1. The number of nitrogens with zero attached hydrogens (tertiary/aromatic N) is 1. The third kappa shape index (κ3) is 5.31. The first-order valence-corrected chi connectivity index (χ1v) is 7.60. The van der Waals surface area contributed by atoms with Gasteiger partial charge in [-0.1, -0.05) is 12.1 Å². The number of nitrogens with one attached hydrogen (secondary N) is 1. The number of benzene rings is 1. The molecular formula is C16H23N3O4. The third-order valence-corrected chi connectivity index (χ3v) is 3.62. The van der Waals surface area contributed by atoms with Gasteiger partial charge < -0.3 is 25.4 Å². The first-order chi connectivity index (χ1) is 11.1. The Kier molecular flexibility index (Phi) is 6.52. The second-order valence-electron chi connectivity index (χ2n) is 5.42. The number of anilines is 1. The van der Waals surface area contributed by atoms with Gasteiger partial charge in [0, 0.05) is 25.9 Å². The molecule has 2 rings (SSSR count). The Balaban J connectivity index is 1.86. The highest BCUT2D eigenvalue weighted by Crippen LogP contribution is 2.12. The van der Waals surface area contributed by atoms with Crippen LogP contribution in [0.3, 0.4) is 0 Å². The molecule has 1 saturated heterocycles. The van der Waals surface area contributed by atoms with Gasteiger partial charge in [0.25, 0.3) is 0 Å². The van der Waals surface area contributed by atoms with Gasteiger partial charge in [0.15, 0.2) is 0 Å². The molecule has 1 aliphatic rings. The fraction of sp³-hybridized carbons (Fsp3) is 0.500. The minimum Gasteiger partial charge on any atom is -0.383 e. The van der Waals surface area contributed by atoms with Crippen LogP contribution in [-0.2, 0) is 25.5 Å². The van der Waals surface area contributed by atoms with E-state index >= 15 is 0 Å². The van der Waals surface area contributed by atoms with E-state index in [1.165, 1.54) is 7.11 Å². The smallest absolute Gasteiger partial charge is 0.243 e. The van der Waals surface area contributed by atoms with Gasteiger partial charge >= 0.3 is 0 Å². The van der Waals surface area contributed by atoms with Gasteiger partial charge in [-0.2, -0.15) is 0 Å². The predicted molar refractivity (Wildman–Crippen MR) is 86.0 cm³/mol. The van der Waals surface area contributed by atoms with E-state index in [9.17, 15) is 9.59 Å². The molecular weight excluding hydrogens is 298 g/mol. The summed E-state index contributed by atoms with van der Waals surface area (Å²) in [6, 6.07) is 6.48. The molecule has 7 heteroatoms. The molecule has 0 aliphatic carbocycles. The molecule has 7 nitrogen and oxygen atoms in total. The lowest BCUT2D eigenvalue weighted by Crippen LogP contribution is -2.41. The maximum Gasteiger partial charge on any atom is 0.243 e. The quantitative estimate of drug-likeness (QED) is 0.769. The molecule has 0 saturated carbocycles. The third-order valence-electron chi connectivity index (χ3n) is 3.62. The van der Waals surface area contributed by atoms with Crippen molar-refractivity contribution < 1.29 is 19.1 Å². The molecule has 0 radical (unpaired) electrons. The van der Waals surface area contributed by atoms with Gasteiger partial charge in [0.1, 0.15) is 6.04 Å². The summed E-state index contributed by atoms with van der Waals surface area (Å²) in [5, 5.41) is 2.71. The molecule has 0 aromatic heterocycles. The Labute approximate surface area is 135 Å². The second-order valence-corrected chi connectivity index (χ2v) is 5.42. The van der Waals surface area contributed by atoms with Crippen molar-refractivity contribution in [2.45, 2.75) is 12.5 Å². The molecule has 1 aromatic carbocycles. The molecule has 1 unspecified atom stereocenters. The summed E-state index contributed by atoms with van der Waals surface area (Å²) in [5.74, 6) is -0.212. The lowest BCUT2D eigenvalue weighted by atomic mass is 10.1. The molecule has 3 N–H and O–H groups in total. The first kappa shape index (κ1) is 17.4. The fourth-order valence-electron chi connectivity index (χ4n) is 2.30. The number of hydrogen-bond donors (Lipinski definition) is 2. The lowest BCUT2D eigenvalue weighted by Gasteiger charge is -2.26. The SMILES string of the molecule is COCC(N)C(=O)Nc1ccc(CC(=O)N2CCOCC2)cc1. The van der Waals surface area contributed by atoms with E-state index in [2.05, 4.69) is 5.32 Å². The van der Waals surface area contributed by atoms with E-state index in [0.717, 1.165) is 5.56 Å². The monoisotopic (exact) mass is 321 g/mol. The Hall–Kier alpha value is -1.96. The van der Waals surface area contributed by atoms with Crippen LogP contribution in [0.2, 0.25) is 0 Å². The molecule has 0 spiro atoms. The largest absolute Gasteiger partial charge is 0.383 e. The number of morpholine rings is 1. The van der Waals surface area contributed by atoms with Crippen molar-refractivity contribution in [3.8, 4) is 0 Å².